The summed E-state index contributed by atoms with van der Waals surface area (Å²) in [6.45, 7) is 4.08. The fourth-order valence-corrected chi connectivity index (χ4v) is 3.62. The van der Waals surface area contributed by atoms with Crippen molar-refractivity contribution in [1.82, 2.24) is 0 Å². The van der Waals surface area contributed by atoms with E-state index in [1.807, 2.05) is 0 Å². The van der Waals surface area contributed by atoms with Crippen LogP contribution in [0, 0.1) is 0 Å². The van der Waals surface area contributed by atoms with Gasteiger partial charge in [-0.05, 0) is 32.8 Å². The third kappa shape index (κ3) is 3.00. The maximum Gasteiger partial charge on any atom is 0.341 e. The molecule has 0 radical (unpaired) electrons. The largest absolute Gasteiger partial charge is 0.341 e. The third-order valence-electron chi connectivity index (χ3n) is 2.22. The first-order valence-corrected chi connectivity index (χ1v) is 6.84. The summed E-state index contributed by atoms with van der Waals surface area (Å²) >= 11 is 0. The zero-order chi connectivity index (χ0) is 11.3. The van der Waals surface area contributed by atoms with E-state index in [1.54, 1.807) is 19.9 Å². The molecule has 0 heterocycles. The van der Waals surface area contributed by atoms with Crippen LogP contribution in [-0.2, 0) is 18.4 Å². The molecule has 5 heteroatoms. The minimum atomic E-state index is -3.25. The van der Waals surface area contributed by atoms with Crippen LogP contribution < -0.4 is 0 Å². The van der Waals surface area contributed by atoms with Crippen molar-refractivity contribution in [2.45, 2.75) is 32.3 Å². The van der Waals surface area contributed by atoms with Gasteiger partial charge in [0.05, 0.1) is 13.2 Å². The first-order valence-electron chi connectivity index (χ1n) is 5.23. The summed E-state index contributed by atoms with van der Waals surface area (Å²) < 4.78 is 22.6. The summed E-state index contributed by atoms with van der Waals surface area (Å²) in [7, 11) is -3.25. The van der Waals surface area contributed by atoms with Gasteiger partial charge in [0.2, 0.25) is 0 Å². The van der Waals surface area contributed by atoms with Gasteiger partial charge in [0.15, 0.2) is 5.78 Å². The second-order valence-corrected chi connectivity index (χ2v) is 5.49. The number of hydrogen-bond acceptors (Lipinski definition) is 4. The van der Waals surface area contributed by atoms with Crippen molar-refractivity contribution >= 4 is 13.4 Å². The van der Waals surface area contributed by atoms with Crippen LogP contribution in [0.5, 0.6) is 0 Å². The lowest BCUT2D eigenvalue weighted by Crippen LogP contribution is -2.24. The highest BCUT2D eigenvalue weighted by molar-refractivity contribution is 7.55. The molecule has 1 atom stereocenters. The summed E-state index contributed by atoms with van der Waals surface area (Å²) in [5, 5.41) is 0. The predicted octanol–water partition coefficient (Wildman–Crippen LogP) is 2.54. The van der Waals surface area contributed by atoms with E-state index in [0.717, 1.165) is 6.42 Å². The standard InChI is InChI=1S/C10H17O4P/c1-3-13-15(12,14-4-2)10-8-6-5-7-9(10)11/h5,7,10H,3-4,6,8H2,1-2H3. The Hall–Kier alpha value is -0.440. The average molecular weight is 232 g/mol. The molecule has 0 saturated heterocycles. The second-order valence-electron chi connectivity index (χ2n) is 3.27. The van der Waals surface area contributed by atoms with Crippen molar-refractivity contribution in [3.63, 3.8) is 0 Å². The van der Waals surface area contributed by atoms with E-state index >= 15 is 0 Å². The van der Waals surface area contributed by atoms with Gasteiger partial charge in [0.1, 0.15) is 5.66 Å². The quantitative estimate of drug-likeness (QED) is 0.683. The first-order chi connectivity index (χ1) is 7.14. The summed E-state index contributed by atoms with van der Waals surface area (Å²) in [4.78, 5) is 11.6. The topological polar surface area (TPSA) is 52.6 Å². The van der Waals surface area contributed by atoms with E-state index in [2.05, 4.69) is 0 Å². The fraction of sp³-hybridized carbons (Fsp3) is 0.700. The van der Waals surface area contributed by atoms with E-state index in [-0.39, 0.29) is 5.78 Å². The highest BCUT2D eigenvalue weighted by Gasteiger charge is 2.40. The van der Waals surface area contributed by atoms with E-state index < -0.39 is 13.3 Å². The van der Waals surface area contributed by atoms with Crippen molar-refractivity contribution in [2.75, 3.05) is 13.2 Å². The van der Waals surface area contributed by atoms with Crippen LogP contribution in [0.4, 0.5) is 0 Å². The van der Waals surface area contributed by atoms with Gasteiger partial charge in [-0.15, -0.1) is 0 Å². The lowest BCUT2D eigenvalue weighted by Gasteiger charge is -2.25. The van der Waals surface area contributed by atoms with E-state index in [4.69, 9.17) is 9.05 Å². The molecule has 0 spiro atoms. The molecular formula is C10H17O4P. The molecule has 4 nitrogen and oxygen atoms in total. The molecule has 0 aromatic carbocycles. The smallest absolute Gasteiger partial charge is 0.308 e. The van der Waals surface area contributed by atoms with Crippen molar-refractivity contribution in [3.05, 3.63) is 12.2 Å². The Morgan fingerprint density at radius 2 is 2.00 bits per heavy atom. The van der Waals surface area contributed by atoms with Crippen molar-refractivity contribution in [1.29, 1.82) is 0 Å². The lowest BCUT2D eigenvalue weighted by atomic mass is 10.1. The molecule has 1 rings (SSSR count). The number of allylic oxidation sites excluding steroid dienone is 2. The highest BCUT2D eigenvalue weighted by Crippen LogP contribution is 2.55. The maximum absolute atomic E-state index is 12.3. The van der Waals surface area contributed by atoms with Crippen molar-refractivity contribution < 1.29 is 18.4 Å². The molecule has 0 bridgehead atoms. The molecule has 0 aliphatic heterocycles. The van der Waals surface area contributed by atoms with Crippen molar-refractivity contribution in [3.8, 4) is 0 Å². The molecule has 0 N–H and O–H groups in total. The van der Waals surface area contributed by atoms with E-state index in [0.29, 0.717) is 19.6 Å². The van der Waals surface area contributed by atoms with Gasteiger partial charge in [-0.1, -0.05) is 6.08 Å². The third-order valence-corrected chi connectivity index (χ3v) is 4.73. The minimum Gasteiger partial charge on any atom is -0.308 e. The Bertz CT molecular complexity index is 288. The van der Waals surface area contributed by atoms with Gasteiger partial charge in [0.25, 0.3) is 0 Å². The molecule has 15 heavy (non-hydrogen) atoms. The van der Waals surface area contributed by atoms with E-state index in [9.17, 15) is 9.36 Å². The Balaban J connectivity index is 2.83. The Morgan fingerprint density at radius 3 is 2.47 bits per heavy atom. The molecule has 86 valence electrons. The maximum atomic E-state index is 12.3. The molecule has 1 aliphatic carbocycles. The molecule has 0 aromatic heterocycles. The van der Waals surface area contributed by atoms with E-state index in [1.165, 1.54) is 6.08 Å². The number of carbonyl (C=O) groups excluding carboxylic acids is 1. The zero-order valence-corrected chi connectivity index (χ0v) is 10.0. The summed E-state index contributed by atoms with van der Waals surface area (Å²) in [6.07, 6.45) is 4.56. The normalized spacial score (nSPS) is 22.0. The van der Waals surface area contributed by atoms with Gasteiger partial charge in [-0.2, -0.15) is 0 Å². The molecule has 0 aromatic rings. The van der Waals surface area contributed by atoms with Crippen molar-refractivity contribution in [2.24, 2.45) is 0 Å². The van der Waals surface area contributed by atoms with Crippen LogP contribution in [0.15, 0.2) is 12.2 Å². The zero-order valence-electron chi connectivity index (χ0n) is 9.14. The van der Waals surface area contributed by atoms with Crippen LogP contribution in [0.2, 0.25) is 0 Å². The van der Waals surface area contributed by atoms with Crippen LogP contribution in [0.25, 0.3) is 0 Å². The molecule has 0 saturated carbocycles. The van der Waals surface area contributed by atoms with Gasteiger partial charge < -0.3 is 9.05 Å². The number of rotatable bonds is 5. The van der Waals surface area contributed by atoms with Crippen LogP contribution in [-0.4, -0.2) is 24.7 Å². The van der Waals surface area contributed by atoms with Crippen LogP contribution in [0.1, 0.15) is 26.7 Å². The number of ketones is 1. The van der Waals surface area contributed by atoms with Crippen LogP contribution in [0.3, 0.4) is 0 Å². The summed E-state index contributed by atoms with van der Waals surface area (Å²) in [5.41, 5.74) is -0.609. The molecule has 1 aliphatic rings. The Labute approximate surface area is 90.2 Å². The first kappa shape index (κ1) is 12.6. The summed E-state index contributed by atoms with van der Waals surface area (Å²) in [6, 6.07) is 0. The highest BCUT2D eigenvalue weighted by atomic mass is 31.2. The predicted molar refractivity (Wildman–Crippen MR) is 58.0 cm³/mol. The SMILES string of the molecule is CCOP(=O)(OCC)C1CCC=CC1=O. The van der Waals surface area contributed by atoms with Gasteiger partial charge in [0, 0.05) is 0 Å². The lowest BCUT2D eigenvalue weighted by molar-refractivity contribution is -0.115. The fourth-order valence-electron chi connectivity index (χ4n) is 1.60. The minimum absolute atomic E-state index is 0.147. The molecule has 0 fully saturated rings. The Kier molecular flexibility index (Phi) is 4.71. The van der Waals surface area contributed by atoms with Crippen LogP contribution >= 0.6 is 7.60 Å². The Morgan fingerprint density at radius 1 is 1.40 bits per heavy atom. The number of hydrogen-bond donors (Lipinski definition) is 0. The summed E-state index contributed by atoms with van der Waals surface area (Å²) in [5.74, 6) is -0.147. The van der Waals surface area contributed by atoms with Gasteiger partial charge >= 0.3 is 7.60 Å². The number of carbonyl (C=O) groups is 1. The molecular weight excluding hydrogens is 215 g/mol. The molecule has 1 unspecified atom stereocenters. The average Bonchev–Trinajstić information content (AvgIpc) is 2.19. The monoisotopic (exact) mass is 232 g/mol. The van der Waals surface area contributed by atoms with Gasteiger partial charge in [-0.3, -0.25) is 9.36 Å². The molecule has 0 amide bonds. The van der Waals surface area contributed by atoms with Gasteiger partial charge in [-0.25, -0.2) is 0 Å². The second kappa shape index (κ2) is 5.59.